The summed E-state index contributed by atoms with van der Waals surface area (Å²) in [6.45, 7) is -0.440. The molecule has 0 aromatic carbocycles. The van der Waals surface area contributed by atoms with Crippen LogP contribution in [0.5, 0.6) is 0 Å². The van der Waals surface area contributed by atoms with Gasteiger partial charge in [-0.1, -0.05) is 0 Å². The van der Waals surface area contributed by atoms with Crippen molar-refractivity contribution < 1.29 is 35.3 Å². The molecule has 2 aromatic heterocycles. The number of alkyl halides is 6. The third-order valence-corrected chi connectivity index (χ3v) is 5.46. The molecule has 0 radical (unpaired) electrons. The van der Waals surface area contributed by atoms with Crippen molar-refractivity contribution in [3.8, 4) is 0 Å². The topological polar surface area (TPSA) is 101 Å². The number of aromatic nitrogens is 2. The van der Waals surface area contributed by atoms with E-state index in [0.717, 1.165) is 11.0 Å². The average Bonchev–Trinajstić information content (AvgIpc) is 2.72. The van der Waals surface area contributed by atoms with Crippen molar-refractivity contribution in [2.45, 2.75) is 30.2 Å². The second-order valence-corrected chi connectivity index (χ2v) is 8.07. The Labute approximate surface area is 180 Å². The SMILES string of the molecule is NS(=O)c1cc(NC(=O)c2cc(C(F)(F)F)cnc2N2CCCC(C(F)(F)F)C2)ccn1. The van der Waals surface area contributed by atoms with Gasteiger partial charge in [0.2, 0.25) is 0 Å². The first-order valence-electron chi connectivity index (χ1n) is 9.18. The van der Waals surface area contributed by atoms with Gasteiger partial charge >= 0.3 is 12.4 Å². The van der Waals surface area contributed by atoms with Gasteiger partial charge in [-0.15, -0.1) is 0 Å². The standard InChI is InChI=1S/C18H17F6N5O2S/c19-17(20,21)10-2-1-5-29(9-10)15-13(6-11(8-27-15)18(22,23)24)16(30)28-12-3-4-26-14(7-12)32(25)31/h3-4,6-8,10H,1-2,5,9,25H2,(H,26,28,30). The number of nitrogens with zero attached hydrogens (tertiary/aromatic N) is 3. The molecule has 0 bridgehead atoms. The first-order chi connectivity index (χ1) is 14.9. The molecule has 3 N–H and O–H groups in total. The van der Waals surface area contributed by atoms with E-state index in [0.29, 0.717) is 12.3 Å². The molecule has 14 heteroatoms. The van der Waals surface area contributed by atoms with Gasteiger partial charge < -0.3 is 10.2 Å². The zero-order chi connectivity index (χ0) is 23.7. The van der Waals surface area contributed by atoms with Crippen LogP contribution in [0, 0.1) is 5.92 Å². The van der Waals surface area contributed by atoms with E-state index < -0.39 is 52.8 Å². The Bertz CT molecular complexity index is 1030. The molecule has 0 aliphatic carbocycles. The number of rotatable bonds is 4. The van der Waals surface area contributed by atoms with E-state index >= 15 is 0 Å². The number of carbonyl (C=O) groups is 1. The van der Waals surface area contributed by atoms with Crippen molar-refractivity contribution in [2.75, 3.05) is 23.3 Å². The van der Waals surface area contributed by atoms with Gasteiger partial charge in [0.15, 0.2) is 0 Å². The lowest BCUT2D eigenvalue weighted by Crippen LogP contribution is -2.42. The van der Waals surface area contributed by atoms with E-state index in [9.17, 15) is 35.3 Å². The van der Waals surface area contributed by atoms with Crippen LogP contribution in [0.2, 0.25) is 0 Å². The summed E-state index contributed by atoms with van der Waals surface area (Å²) in [5, 5.41) is 7.46. The molecule has 0 spiro atoms. The summed E-state index contributed by atoms with van der Waals surface area (Å²) in [7, 11) is -1.97. The van der Waals surface area contributed by atoms with Gasteiger partial charge in [0.1, 0.15) is 21.8 Å². The summed E-state index contributed by atoms with van der Waals surface area (Å²) in [4.78, 5) is 21.4. The van der Waals surface area contributed by atoms with Crippen molar-refractivity contribution in [3.63, 3.8) is 0 Å². The molecule has 1 aliphatic heterocycles. The van der Waals surface area contributed by atoms with Crippen LogP contribution in [0.3, 0.4) is 0 Å². The van der Waals surface area contributed by atoms with Crippen LogP contribution in [0.25, 0.3) is 0 Å². The quantitative estimate of drug-likeness (QED) is 0.651. The van der Waals surface area contributed by atoms with E-state index in [4.69, 9.17) is 5.14 Å². The summed E-state index contributed by atoms with van der Waals surface area (Å²) >= 11 is 0. The molecular weight excluding hydrogens is 464 g/mol. The van der Waals surface area contributed by atoms with E-state index in [1.54, 1.807) is 0 Å². The van der Waals surface area contributed by atoms with E-state index in [1.807, 2.05) is 0 Å². The van der Waals surface area contributed by atoms with Gasteiger partial charge in [0, 0.05) is 31.2 Å². The van der Waals surface area contributed by atoms with Crippen LogP contribution < -0.4 is 15.4 Å². The van der Waals surface area contributed by atoms with Gasteiger partial charge in [-0.05, 0) is 31.0 Å². The van der Waals surface area contributed by atoms with Crippen LogP contribution in [0.15, 0.2) is 35.6 Å². The molecule has 32 heavy (non-hydrogen) atoms. The van der Waals surface area contributed by atoms with E-state index in [-0.39, 0.29) is 35.9 Å². The molecule has 2 atom stereocenters. The Morgan fingerprint density at radius 2 is 1.91 bits per heavy atom. The highest BCUT2D eigenvalue weighted by molar-refractivity contribution is 7.82. The first-order valence-corrected chi connectivity index (χ1v) is 10.4. The van der Waals surface area contributed by atoms with Crippen LogP contribution in [-0.2, 0) is 17.2 Å². The molecule has 2 aromatic rings. The molecule has 1 aliphatic rings. The number of halogens is 6. The lowest BCUT2D eigenvalue weighted by molar-refractivity contribution is -0.176. The number of nitrogens with two attached hydrogens (primary N) is 1. The number of pyridine rings is 2. The molecule has 1 fully saturated rings. The fourth-order valence-corrected chi connectivity index (χ4v) is 3.67. The van der Waals surface area contributed by atoms with Crippen molar-refractivity contribution in [3.05, 3.63) is 41.7 Å². The predicted molar refractivity (Wildman–Crippen MR) is 103 cm³/mol. The second-order valence-electron chi connectivity index (χ2n) is 7.05. The fourth-order valence-electron chi connectivity index (χ4n) is 3.26. The van der Waals surface area contributed by atoms with E-state index in [1.165, 1.54) is 12.3 Å². The van der Waals surface area contributed by atoms with Crippen LogP contribution >= 0.6 is 0 Å². The summed E-state index contributed by atoms with van der Waals surface area (Å²) in [6.07, 6.45) is -7.65. The number of hydrogen-bond acceptors (Lipinski definition) is 5. The molecule has 7 nitrogen and oxygen atoms in total. The average molecular weight is 481 g/mol. The maximum Gasteiger partial charge on any atom is 0.417 e. The van der Waals surface area contributed by atoms with Gasteiger partial charge in [0.05, 0.1) is 17.0 Å². The molecule has 2 unspecified atom stereocenters. The van der Waals surface area contributed by atoms with Gasteiger partial charge in [-0.2, -0.15) is 26.3 Å². The van der Waals surface area contributed by atoms with Crippen molar-refractivity contribution in [1.82, 2.24) is 9.97 Å². The highest BCUT2D eigenvalue weighted by atomic mass is 32.2. The smallest absolute Gasteiger partial charge is 0.355 e. The van der Waals surface area contributed by atoms with E-state index in [2.05, 4.69) is 15.3 Å². The minimum absolute atomic E-state index is 0.0361. The molecule has 1 amide bonds. The summed E-state index contributed by atoms with van der Waals surface area (Å²) in [6, 6.07) is 2.99. The predicted octanol–water partition coefficient (Wildman–Crippen LogP) is 3.51. The van der Waals surface area contributed by atoms with Crippen molar-refractivity contribution in [2.24, 2.45) is 11.1 Å². The summed E-state index contributed by atoms with van der Waals surface area (Å²) < 4.78 is 90.5. The monoisotopic (exact) mass is 481 g/mol. The number of hydrogen-bond donors (Lipinski definition) is 2. The van der Waals surface area contributed by atoms with Gasteiger partial charge in [-0.3, -0.25) is 4.79 Å². The minimum Gasteiger partial charge on any atom is -0.355 e. The Kier molecular flexibility index (Phi) is 6.74. The number of amides is 1. The van der Waals surface area contributed by atoms with Crippen molar-refractivity contribution >= 4 is 28.4 Å². The second kappa shape index (κ2) is 9.02. The van der Waals surface area contributed by atoms with Crippen LogP contribution in [-0.4, -0.2) is 39.3 Å². The Morgan fingerprint density at radius 3 is 2.53 bits per heavy atom. The lowest BCUT2D eigenvalue weighted by Gasteiger charge is -2.35. The fraction of sp³-hybridized carbons (Fsp3) is 0.389. The zero-order valence-corrected chi connectivity index (χ0v) is 17.0. The maximum absolute atomic E-state index is 13.2. The highest BCUT2D eigenvalue weighted by Gasteiger charge is 2.43. The van der Waals surface area contributed by atoms with Crippen LogP contribution in [0.1, 0.15) is 28.8 Å². The lowest BCUT2D eigenvalue weighted by atomic mass is 9.97. The third kappa shape index (κ3) is 5.54. The molecule has 3 heterocycles. The van der Waals surface area contributed by atoms with Crippen molar-refractivity contribution in [1.29, 1.82) is 0 Å². The molecule has 1 saturated heterocycles. The Hall–Kier alpha value is -2.74. The zero-order valence-electron chi connectivity index (χ0n) is 16.2. The first kappa shape index (κ1) is 23.9. The third-order valence-electron chi connectivity index (χ3n) is 4.82. The summed E-state index contributed by atoms with van der Waals surface area (Å²) in [5.74, 6) is -3.02. The van der Waals surface area contributed by atoms with Gasteiger partial charge in [0.25, 0.3) is 5.91 Å². The maximum atomic E-state index is 13.2. The summed E-state index contributed by atoms with van der Waals surface area (Å²) in [5.41, 5.74) is -1.74. The van der Waals surface area contributed by atoms with Crippen LogP contribution in [0.4, 0.5) is 37.8 Å². The number of anilines is 2. The highest BCUT2D eigenvalue weighted by Crippen LogP contribution is 2.37. The minimum atomic E-state index is -4.82. The number of nitrogens with one attached hydrogen (secondary N) is 1. The van der Waals surface area contributed by atoms with Gasteiger partial charge in [-0.25, -0.2) is 19.3 Å². The molecular formula is C18H17F6N5O2S. The normalized spacial score (nSPS) is 18.3. The number of piperidine rings is 1. The Balaban J connectivity index is 1.97. The molecule has 0 saturated carbocycles. The number of carbonyl (C=O) groups excluding carboxylic acids is 1. The Morgan fingerprint density at radius 1 is 1.19 bits per heavy atom. The largest absolute Gasteiger partial charge is 0.417 e. The molecule has 3 rings (SSSR count). The molecule has 174 valence electrons.